The van der Waals surface area contributed by atoms with Crippen LogP contribution < -0.4 is 0 Å². The monoisotopic (exact) mass is 318 g/mol. The van der Waals surface area contributed by atoms with Crippen molar-refractivity contribution in [1.29, 1.82) is 0 Å². The summed E-state index contributed by atoms with van der Waals surface area (Å²) >= 11 is 0. The third kappa shape index (κ3) is 2.94. The first-order valence-corrected chi connectivity index (χ1v) is 7.19. The van der Waals surface area contributed by atoms with Crippen LogP contribution in [0.5, 0.6) is 0 Å². The molecule has 7 heteroatoms. The third-order valence-electron chi connectivity index (χ3n) is 3.74. The summed E-state index contributed by atoms with van der Waals surface area (Å²) in [5.41, 5.74) is 0.522. The van der Waals surface area contributed by atoms with Crippen LogP contribution >= 0.6 is 0 Å². The topological polar surface area (TPSA) is 95.0 Å². The van der Waals surface area contributed by atoms with Gasteiger partial charge in [0.1, 0.15) is 12.6 Å². The number of carbonyl (C=O) groups is 4. The van der Waals surface area contributed by atoms with E-state index in [1.54, 1.807) is 38.1 Å². The zero-order chi connectivity index (χ0) is 17.3. The van der Waals surface area contributed by atoms with E-state index in [0.29, 0.717) is 0 Å². The molecular weight excluding hydrogens is 300 g/mol. The van der Waals surface area contributed by atoms with Crippen molar-refractivity contribution in [3.8, 4) is 0 Å². The Labute approximate surface area is 133 Å². The van der Waals surface area contributed by atoms with Gasteiger partial charge in [-0.25, -0.2) is 0 Å². The molecular formula is C16H18N2O5. The molecule has 0 saturated carbocycles. The fourth-order valence-corrected chi connectivity index (χ4v) is 2.66. The van der Waals surface area contributed by atoms with Crippen LogP contribution in [0.2, 0.25) is 0 Å². The molecule has 0 radical (unpaired) electrons. The van der Waals surface area contributed by atoms with Crippen LogP contribution in [-0.2, 0) is 9.59 Å². The number of carboxylic acid groups (broad SMARTS) is 1. The second kappa shape index (κ2) is 6.20. The number of carbonyl (C=O) groups excluding carboxylic acids is 3. The molecule has 7 nitrogen and oxygen atoms in total. The van der Waals surface area contributed by atoms with E-state index in [-0.39, 0.29) is 17.0 Å². The van der Waals surface area contributed by atoms with Gasteiger partial charge in [-0.15, -0.1) is 0 Å². The Balaban J connectivity index is 2.37. The summed E-state index contributed by atoms with van der Waals surface area (Å²) in [5, 5.41) is 8.82. The van der Waals surface area contributed by atoms with E-state index in [2.05, 4.69) is 0 Å². The van der Waals surface area contributed by atoms with E-state index in [0.717, 1.165) is 9.80 Å². The molecule has 0 aliphatic carbocycles. The molecule has 1 N–H and O–H groups in total. The summed E-state index contributed by atoms with van der Waals surface area (Å²) in [4.78, 5) is 50.4. The van der Waals surface area contributed by atoms with Gasteiger partial charge in [-0.2, -0.15) is 0 Å². The van der Waals surface area contributed by atoms with Crippen LogP contribution in [0.15, 0.2) is 24.3 Å². The maximum absolute atomic E-state index is 12.6. The SMILES string of the molecule is CC(C)C(C(=O)N(C)CC(=O)O)N1C(=O)c2ccccc2C1=O. The Bertz CT molecular complexity index is 648. The molecule has 0 bridgehead atoms. The Morgan fingerprint density at radius 2 is 1.61 bits per heavy atom. The lowest BCUT2D eigenvalue weighted by molar-refractivity contribution is -0.145. The van der Waals surface area contributed by atoms with Gasteiger partial charge in [0, 0.05) is 7.05 Å². The Kier molecular flexibility index (Phi) is 4.49. The molecule has 0 spiro atoms. The largest absolute Gasteiger partial charge is 0.480 e. The minimum absolute atomic E-state index is 0.261. The van der Waals surface area contributed by atoms with Crippen LogP contribution in [0.1, 0.15) is 34.6 Å². The summed E-state index contributed by atoms with van der Waals surface area (Å²) in [7, 11) is 1.34. The Hall–Kier alpha value is -2.70. The molecule has 0 fully saturated rings. The number of nitrogens with zero attached hydrogens (tertiary/aromatic N) is 2. The molecule has 1 aliphatic heterocycles. The summed E-state index contributed by atoms with van der Waals surface area (Å²) in [6.45, 7) is 2.92. The molecule has 1 unspecified atom stereocenters. The lowest BCUT2D eigenvalue weighted by atomic mass is 10.0. The Morgan fingerprint density at radius 3 is 2.00 bits per heavy atom. The average molecular weight is 318 g/mol. The van der Waals surface area contributed by atoms with E-state index in [1.807, 2.05) is 0 Å². The van der Waals surface area contributed by atoms with Crippen molar-refractivity contribution in [2.75, 3.05) is 13.6 Å². The molecule has 2 rings (SSSR count). The second-order valence-corrected chi connectivity index (χ2v) is 5.80. The first-order chi connectivity index (χ1) is 10.8. The highest BCUT2D eigenvalue weighted by atomic mass is 16.4. The minimum atomic E-state index is -1.16. The molecule has 23 heavy (non-hydrogen) atoms. The number of fused-ring (bicyclic) bond motifs is 1. The van der Waals surface area contributed by atoms with Crippen molar-refractivity contribution in [3.05, 3.63) is 35.4 Å². The number of hydrogen-bond acceptors (Lipinski definition) is 4. The standard InChI is InChI=1S/C16H18N2O5/c1-9(2)13(16(23)17(3)8-12(19)20)18-14(21)10-6-4-5-7-11(10)15(18)22/h4-7,9,13H,8H2,1-3H3,(H,19,20). The van der Waals surface area contributed by atoms with Crippen LogP contribution in [-0.4, -0.2) is 58.2 Å². The van der Waals surface area contributed by atoms with Crippen molar-refractivity contribution >= 4 is 23.7 Å². The molecule has 1 aromatic rings. The fraction of sp³-hybridized carbons (Fsp3) is 0.375. The first kappa shape index (κ1) is 16.7. The van der Waals surface area contributed by atoms with Crippen molar-refractivity contribution in [2.24, 2.45) is 5.92 Å². The molecule has 0 saturated heterocycles. The van der Waals surface area contributed by atoms with Gasteiger partial charge in [-0.3, -0.25) is 24.1 Å². The number of benzene rings is 1. The van der Waals surface area contributed by atoms with E-state index >= 15 is 0 Å². The third-order valence-corrected chi connectivity index (χ3v) is 3.74. The van der Waals surface area contributed by atoms with E-state index < -0.39 is 36.3 Å². The number of likely N-dealkylation sites (N-methyl/N-ethyl adjacent to an activating group) is 1. The number of aliphatic carboxylic acids is 1. The quantitative estimate of drug-likeness (QED) is 0.812. The average Bonchev–Trinajstić information content (AvgIpc) is 2.72. The normalized spacial score (nSPS) is 14.9. The van der Waals surface area contributed by atoms with Crippen LogP contribution in [0, 0.1) is 5.92 Å². The van der Waals surface area contributed by atoms with Gasteiger partial charge in [0.05, 0.1) is 11.1 Å². The summed E-state index contributed by atoms with van der Waals surface area (Å²) in [5.74, 6) is -3.13. The van der Waals surface area contributed by atoms with Gasteiger partial charge in [-0.1, -0.05) is 26.0 Å². The van der Waals surface area contributed by atoms with Gasteiger partial charge < -0.3 is 10.0 Å². The molecule has 1 atom stereocenters. The zero-order valence-corrected chi connectivity index (χ0v) is 13.1. The van der Waals surface area contributed by atoms with Crippen LogP contribution in [0.3, 0.4) is 0 Å². The zero-order valence-electron chi connectivity index (χ0n) is 13.1. The number of carboxylic acids is 1. The molecule has 1 aromatic carbocycles. The minimum Gasteiger partial charge on any atom is -0.480 e. The molecule has 122 valence electrons. The lowest BCUT2D eigenvalue weighted by Gasteiger charge is -2.31. The highest BCUT2D eigenvalue weighted by Crippen LogP contribution is 2.27. The molecule has 1 heterocycles. The maximum atomic E-state index is 12.6. The number of imide groups is 1. The Morgan fingerprint density at radius 1 is 1.13 bits per heavy atom. The summed E-state index contributed by atoms with van der Waals surface area (Å²) in [6.07, 6.45) is 0. The molecule has 3 amide bonds. The van der Waals surface area contributed by atoms with Gasteiger partial charge in [0.15, 0.2) is 0 Å². The second-order valence-electron chi connectivity index (χ2n) is 5.80. The van der Waals surface area contributed by atoms with Crippen LogP contribution in [0.4, 0.5) is 0 Å². The highest BCUT2D eigenvalue weighted by Gasteiger charge is 2.44. The smallest absolute Gasteiger partial charge is 0.323 e. The van der Waals surface area contributed by atoms with Crippen molar-refractivity contribution in [1.82, 2.24) is 9.80 Å². The molecule has 0 aromatic heterocycles. The fourth-order valence-electron chi connectivity index (χ4n) is 2.66. The maximum Gasteiger partial charge on any atom is 0.323 e. The van der Waals surface area contributed by atoms with Crippen molar-refractivity contribution in [2.45, 2.75) is 19.9 Å². The lowest BCUT2D eigenvalue weighted by Crippen LogP contribution is -2.53. The van der Waals surface area contributed by atoms with E-state index in [4.69, 9.17) is 5.11 Å². The van der Waals surface area contributed by atoms with Crippen molar-refractivity contribution < 1.29 is 24.3 Å². The van der Waals surface area contributed by atoms with Crippen LogP contribution in [0.25, 0.3) is 0 Å². The van der Waals surface area contributed by atoms with Gasteiger partial charge in [0.2, 0.25) is 5.91 Å². The number of amides is 3. The van der Waals surface area contributed by atoms with Gasteiger partial charge >= 0.3 is 5.97 Å². The van der Waals surface area contributed by atoms with E-state index in [9.17, 15) is 19.2 Å². The first-order valence-electron chi connectivity index (χ1n) is 7.19. The summed E-state index contributed by atoms with van der Waals surface area (Å²) in [6, 6.07) is 5.34. The summed E-state index contributed by atoms with van der Waals surface area (Å²) < 4.78 is 0. The highest BCUT2D eigenvalue weighted by molar-refractivity contribution is 6.22. The van der Waals surface area contributed by atoms with Gasteiger partial charge in [-0.05, 0) is 18.1 Å². The van der Waals surface area contributed by atoms with E-state index in [1.165, 1.54) is 7.05 Å². The molecule has 1 aliphatic rings. The van der Waals surface area contributed by atoms with Gasteiger partial charge in [0.25, 0.3) is 11.8 Å². The predicted molar refractivity (Wildman–Crippen MR) is 80.8 cm³/mol. The number of rotatable bonds is 5. The number of hydrogen-bond donors (Lipinski definition) is 1. The van der Waals surface area contributed by atoms with Crippen molar-refractivity contribution in [3.63, 3.8) is 0 Å². The predicted octanol–water partition coefficient (Wildman–Crippen LogP) is 0.850.